The maximum atomic E-state index is 2.36. The predicted molar refractivity (Wildman–Crippen MR) is 78.8 cm³/mol. The summed E-state index contributed by atoms with van der Waals surface area (Å²) in [6.07, 6.45) is 0. The van der Waals surface area contributed by atoms with Gasteiger partial charge in [0.25, 0.3) is 0 Å². The SMILES string of the molecule is Cc1ccc(-c2ccc(I)cc2C)c(C)c1. The van der Waals surface area contributed by atoms with Gasteiger partial charge in [0, 0.05) is 3.57 Å². The van der Waals surface area contributed by atoms with E-state index in [9.17, 15) is 0 Å². The van der Waals surface area contributed by atoms with Crippen LogP contribution in [-0.2, 0) is 0 Å². The number of benzene rings is 2. The minimum Gasteiger partial charge on any atom is -0.0587 e. The van der Waals surface area contributed by atoms with Gasteiger partial charge in [0.05, 0.1) is 0 Å². The van der Waals surface area contributed by atoms with Gasteiger partial charge in [-0.15, -0.1) is 0 Å². The van der Waals surface area contributed by atoms with Crippen LogP contribution in [0.3, 0.4) is 0 Å². The van der Waals surface area contributed by atoms with Crippen LogP contribution in [0.1, 0.15) is 16.7 Å². The number of halogens is 1. The van der Waals surface area contributed by atoms with E-state index in [0.717, 1.165) is 0 Å². The number of aryl methyl sites for hydroxylation is 3. The fraction of sp³-hybridized carbons (Fsp3) is 0.200. The molecule has 2 rings (SSSR count). The van der Waals surface area contributed by atoms with Gasteiger partial charge < -0.3 is 0 Å². The van der Waals surface area contributed by atoms with Gasteiger partial charge >= 0.3 is 0 Å². The molecule has 0 fully saturated rings. The first-order chi connectivity index (χ1) is 7.58. The van der Waals surface area contributed by atoms with Crippen molar-refractivity contribution in [3.05, 3.63) is 56.7 Å². The molecule has 82 valence electrons. The molecule has 0 N–H and O–H groups in total. The fourth-order valence-electron chi connectivity index (χ4n) is 2.05. The topological polar surface area (TPSA) is 0 Å². The molecule has 0 unspecified atom stereocenters. The quantitative estimate of drug-likeness (QED) is 0.656. The molecular formula is C15H15I. The molecule has 2 aromatic carbocycles. The van der Waals surface area contributed by atoms with E-state index in [1.54, 1.807) is 0 Å². The lowest BCUT2D eigenvalue weighted by Crippen LogP contribution is -1.88. The van der Waals surface area contributed by atoms with Crippen LogP contribution in [0, 0.1) is 24.3 Å². The summed E-state index contributed by atoms with van der Waals surface area (Å²) in [4.78, 5) is 0. The summed E-state index contributed by atoms with van der Waals surface area (Å²) in [5.41, 5.74) is 6.71. The van der Waals surface area contributed by atoms with Crippen molar-refractivity contribution in [1.82, 2.24) is 0 Å². The van der Waals surface area contributed by atoms with E-state index in [1.165, 1.54) is 31.4 Å². The Labute approximate surface area is 111 Å². The fourth-order valence-corrected chi connectivity index (χ4v) is 2.69. The Morgan fingerprint density at radius 2 is 1.31 bits per heavy atom. The molecule has 16 heavy (non-hydrogen) atoms. The predicted octanol–water partition coefficient (Wildman–Crippen LogP) is 4.88. The molecule has 0 saturated carbocycles. The first-order valence-corrected chi connectivity index (χ1v) is 6.49. The summed E-state index contributed by atoms with van der Waals surface area (Å²) < 4.78 is 1.30. The van der Waals surface area contributed by atoms with Crippen LogP contribution in [-0.4, -0.2) is 0 Å². The van der Waals surface area contributed by atoms with Crippen LogP contribution in [0.5, 0.6) is 0 Å². The Morgan fingerprint density at radius 1 is 0.750 bits per heavy atom. The highest BCUT2D eigenvalue weighted by atomic mass is 127. The zero-order chi connectivity index (χ0) is 11.7. The molecule has 1 heteroatoms. The van der Waals surface area contributed by atoms with E-state index in [1.807, 2.05) is 0 Å². The average molecular weight is 322 g/mol. The lowest BCUT2D eigenvalue weighted by Gasteiger charge is -2.10. The highest BCUT2D eigenvalue weighted by Gasteiger charge is 2.05. The highest BCUT2D eigenvalue weighted by molar-refractivity contribution is 14.1. The maximum Gasteiger partial charge on any atom is 0.0133 e. The standard InChI is InChI=1S/C15H15I/c1-10-4-6-14(11(2)8-10)15-7-5-13(16)9-12(15)3/h4-9H,1-3H3. The first kappa shape index (κ1) is 11.6. The third kappa shape index (κ3) is 2.29. The molecule has 0 amide bonds. The van der Waals surface area contributed by atoms with E-state index in [4.69, 9.17) is 0 Å². The largest absolute Gasteiger partial charge is 0.0587 e. The molecule has 0 saturated heterocycles. The van der Waals surface area contributed by atoms with Crippen molar-refractivity contribution in [2.24, 2.45) is 0 Å². The van der Waals surface area contributed by atoms with E-state index in [2.05, 4.69) is 79.8 Å². The lowest BCUT2D eigenvalue weighted by molar-refractivity contribution is 1.36. The molecule has 0 spiro atoms. The molecule has 0 aliphatic carbocycles. The average Bonchev–Trinajstić information content (AvgIpc) is 2.19. The van der Waals surface area contributed by atoms with Crippen molar-refractivity contribution in [3.8, 4) is 11.1 Å². The second-order valence-electron chi connectivity index (χ2n) is 4.28. The Bertz CT molecular complexity index is 477. The smallest absolute Gasteiger partial charge is 0.0133 e. The van der Waals surface area contributed by atoms with Crippen molar-refractivity contribution >= 4 is 22.6 Å². The van der Waals surface area contributed by atoms with E-state index < -0.39 is 0 Å². The molecule has 0 aliphatic rings. The van der Waals surface area contributed by atoms with Crippen molar-refractivity contribution in [2.75, 3.05) is 0 Å². The number of hydrogen-bond acceptors (Lipinski definition) is 0. The Balaban J connectivity index is 2.59. The van der Waals surface area contributed by atoms with E-state index in [-0.39, 0.29) is 0 Å². The van der Waals surface area contributed by atoms with Crippen molar-refractivity contribution < 1.29 is 0 Å². The van der Waals surface area contributed by atoms with Gasteiger partial charge in [-0.2, -0.15) is 0 Å². The van der Waals surface area contributed by atoms with Crippen LogP contribution < -0.4 is 0 Å². The third-order valence-electron chi connectivity index (χ3n) is 2.86. The molecule has 0 nitrogen and oxygen atoms in total. The molecule has 0 aromatic heterocycles. The Kier molecular flexibility index (Phi) is 3.33. The highest BCUT2D eigenvalue weighted by Crippen LogP contribution is 2.28. The summed E-state index contributed by atoms with van der Waals surface area (Å²) in [6, 6.07) is 13.3. The van der Waals surface area contributed by atoms with E-state index in [0.29, 0.717) is 0 Å². The van der Waals surface area contributed by atoms with Crippen LogP contribution in [0.4, 0.5) is 0 Å². The van der Waals surface area contributed by atoms with Crippen LogP contribution in [0.2, 0.25) is 0 Å². The summed E-state index contributed by atoms with van der Waals surface area (Å²) in [6.45, 7) is 6.49. The second kappa shape index (κ2) is 4.58. The monoisotopic (exact) mass is 322 g/mol. The minimum atomic E-state index is 1.30. The third-order valence-corrected chi connectivity index (χ3v) is 3.53. The summed E-state index contributed by atoms with van der Waals surface area (Å²) in [5.74, 6) is 0. The van der Waals surface area contributed by atoms with Gasteiger partial charge in [0.2, 0.25) is 0 Å². The molecule has 0 heterocycles. The first-order valence-electron chi connectivity index (χ1n) is 5.42. The molecule has 0 radical (unpaired) electrons. The summed E-state index contributed by atoms with van der Waals surface area (Å²) in [7, 11) is 0. The molecule has 0 bridgehead atoms. The Hall–Kier alpha value is -0.830. The maximum absolute atomic E-state index is 2.36. The van der Waals surface area contributed by atoms with E-state index >= 15 is 0 Å². The van der Waals surface area contributed by atoms with Gasteiger partial charge in [-0.3, -0.25) is 0 Å². The van der Waals surface area contributed by atoms with Gasteiger partial charge in [-0.05, 0) is 77.7 Å². The van der Waals surface area contributed by atoms with Crippen molar-refractivity contribution in [3.63, 3.8) is 0 Å². The Morgan fingerprint density at radius 3 is 1.88 bits per heavy atom. The van der Waals surface area contributed by atoms with Gasteiger partial charge in [0.1, 0.15) is 0 Å². The minimum absolute atomic E-state index is 1.30. The molecule has 0 atom stereocenters. The van der Waals surface area contributed by atoms with Crippen molar-refractivity contribution in [1.29, 1.82) is 0 Å². The summed E-state index contributed by atoms with van der Waals surface area (Å²) in [5, 5.41) is 0. The van der Waals surface area contributed by atoms with Gasteiger partial charge in [-0.25, -0.2) is 0 Å². The summed E-state index contributed by atoms with van der Waals surface area (Å²) >= 11 is 2.36. The second-order valence-corrected chi connectivity index (χ2v) is 5.52. The van der Waals surface area contributed by atoms with Gasteiger partial charge in [0.15, 0.2) is 0 Å². The lowest BCUT2D eigenvalue weighted by atomic mass is 9.95. The zero-order valence-corrected chi connectivity index (χ0v) is 12.0. The molecule has 0 aliphatic heterocycles. The normalized spacial score (nSPS) is 10.5. The van der Waals surface area contributed by atoms with Gasteiger partial charge in [-0.1, -0.05) is 29.8 Å². The number of hydrogen-bond donors (Lipinski definition) is 0. The van der Waals surface area contributed by atoms with Crippen LogP contribution >= 0.6 is 22.6 Å². The molecular weight excluding hydrogens is 307 g/mol. The van der Waals surface area contributed by atoms with Crippen LogP contribution in [0.15, 0.2) is 36.4 Å². The molecule has 2 aromatic rings. The van der Waals surface area contributed by atoms with Crippen molar-refractivity contribution in [2.45, 2.75) is 20.8 Å². The van der Waals surface area contributed by atoms with Crippen LogP contribution in [0.25, 0.3) is 11.1 Å². The number of rotatable bonds is 1. The zero-order valence-electron chi connectivity index (χ0n) is 9.84.